The van der Waals surface area contributed by atoms with Crippen LogP contribution in [-0.2, 0) is 0 Å². The third kappa shape index (κ3) is 1.34. The van der Waals surface area contributed by atoms with Crippen LogP contribution in [0.3, 0.4) is 0 Å². The Balaban J connectivity index is 2.95. The summed E-state index contributed by atoms with van der Waals surface area (Å²) in [5, 5.41) is 0.459. The standard InChI is InChI=1S/C10H6ClF2N/c1-5-4-14-8-3-6(12)2-7(13)9(8)10(5)11/h2-4H,1H3. The zero-order valence-electron chi connectivity index (χ0n) is 7.31. The van der Waals surface area contributed by atoms with E-state index in [4.69, 9.17) is 11.6 Å². The van der Waals surface area contributed by atoms with Gasteiger partial charge in [-0.25, -0.2) is 8.78 Å². The van der Waals surface area contributed by atoms with Crippen LogP contribution in [0.5, 0.6) is 0 Å². The number of fused-ring (bicyclic) bond motifs is 1. The summed E-state index contributed by atoms with van der Waals surface area (Å²) in [5.41, 5.74) is 0.905. The molecule has 72 valence electrons. The molecule has 0 fully saturated rings. The van der Waals surface area contributed by atoms with Crippen LogP contribution < -0.4 is 0 Å². The molecule has 0 spiro atoms. The number of pyridine rings is 1. The van der Waals surface area contributed by atoms with Crippen molar-refractivity contribution in [2.75, 3.05) is 0 Å². The molecular weight excluding hydrogens is 208 g/mol. The highest BCUT2D eigenvalue weighted by Crippen LogP contribution is 2.27. The van der Waals surface area contributed by atoms with Crippen LogP contribution in [0.4, 0.5) is 8.78 Å². The van der Waals surface area contributed by atoms with Gasteiger partial charge in [0.15, 0.2) is 0 Å². The van der Waals surface area contributed by atoms with Crippen molar-refractivity contribution in [2.45, 2.75) is 6.92 Å². The minimum atomic E-state index is -0.679. The van der Waals surface area contributed by atoms with Gasteiger partial charge in [0.05, 0.1) is 15.9 Å². The number of rotatable bonds is 0. The van der Waals surface area contributed by atoms with Gasteiger partial charge >= 0.3 is 0 Å². The largest absolute Gasteiger partial charge is 0.256 e. The SMILES string of the molecule is Cc1cnc2cc(F)cc(F)c2c1Cl. The summed E-state index contributed by atoms with van der Waals surface area (Å²) < 4.78 is 26.1. The second-order valence-corrected chi connectivity index (χ2v) is 3.41. The zero-order valence-corrected chi connectivity index (χ0v) is 8.07. The molecule has 1 nitrogen and oxygen atoms in total. The molecule has 1 aromatic heterocycles. The molecule has 1 aromatic carbocycles. The Morgan fingerprint density at radius 2 is 2.00 bits per heavy atom. The maximum Gasteiger partial charge on any atom is 0.137 e. The van der Waals surface area contributed by atoms with Gasteiger partial charge in [0.2, 0.25) is 0 Å². The smallest absolute Gasteiger partial charge is 0.137 e. The molecule has 0 saturated carbocycles. The van der Waals surface area contributed by atoms with Crippen LogP contribution in [0.15, 0.2) is 18.3 Å². The molecule has 0 aliphatic heterocycles. The van der Waals surface area contributed by atoms with Gasteiger partial charge in [-0.15, -0.1) is 0 Å². The Labute approximate surface area is 84.3 Å². The Morgan fingerprint density at radius 3 is 2.71 bits per heavy atom. The molecule has 2 aromatic rings. The van der Waals surface area contributed by atoms with Gasteiger partial charge in [-0.2, -0.15) is 0 Å². The van der Waals surface area contributed by atoms with Gasteiger partial charge in [-0.05, 0) is 12.5 Å². The Morgan fingerprint density at radius 1 is 1.29 bits per heavy atom. The quantitative estimate of drug-likeness (QED) is 0.653. The van der Waals surface area contributed by atoms with E-state index in [0.29, 0.717) is 5.56 Å². The number of hydrogen-bond acceptors (Lipinski definition) is 1. The Bertz CT molecular complexity index is 511. The van der Waals surface area contributed by atoms with Crippen LogP contribution in [0.2, 0.25) is 5.02 Å². The van der Waals surface area contributed by atoms with E-state index >= 15 is 0 Å². The molecule has 0 aliphatic rings. The van der Waals surface area contributed by atoms with Gasteiger partial charge in [0.25, 0.3) is 0 Å². The molecule has 0 amide bonds. The average molecular weight is 214 g/mol. The second-order valence-electron chi connectivity index (χ2n) is 3.04. The van der Waals surface area contributed by atoms with Crippen molar-refractivity contribution in [3.63, 3.8) is 0 Å². The summed E-state index contributed by atoms with van der Waals surface area (Å²) in [6, 6.07) is 1.96. The summed E-state index contributed by atoms with van der Waals surface area (Å²) in [4.78, 5) is 3.90. The van der Waals surface area contributed by atoms with Crippen LogP contribution in [0.25, 0.3) is 10.9 Å². The van der Waals surface area contributed by atoms with Gasteiger partial charge in [-0.1, -0.05) is 11.6 Å². The normalized spacial score (nSPS) is 10.9. The van der Waals surface area contributed by atoms with Gasteiger partial charge in [0.1, 0.15) is 11.6 Å². The van der Waals surface area contributed by atoms with Gasteiger partial charge in [-0.3, -0.25) is 4.98 Å². The average Bonchev–Trinajstić information content (AvgIpc) is 2.10. The number of hydrogen-bond donors (Lipinski definition) is 0. The van der Waals surface area contributed by atoms with Crippen molar-refractivity contribution in [1.29, 1.82) is 0 Å². The lowest BCUT2D eigenvalue weighted by molar-refractivity contribution is 0.591. The van der Waals surface area contributed by atoms with E-state index < -0.39 is 11.6 Å². The topological polar surface area (TPSA) is 12.9 Å². The molecular formula is C10H6ClF2N. The molecule has 0 saturated heterocycles. The van der Waals surface area contributed by atoms with E-state index in [1.54, 1.807) is 6.92 Å². The van der Waals surface area contributed by atoms with Gasteiger partial charge in [0, 0.05) is 18.3 Å². The van der Waals surface area contributed by atoms with Crippen LogP contribution >= 0.6 is 11.6 Å². The molecule has 14 heavy (non-hydrogen) atoms. The van der Waals surface area contributed by atoms with Crippen molar-refractivity contribution in [2.24, 2.45) is 0 Å². The lowest BCUT2D eigenvalue weighted by Crippen LogP contribution is -1.89. The highest BCUT2D eigenvalue weighted by molar-refractivity contribution is 6.36. The van der Waals surface area contributed by atoms with E-state index in [9.17, 15) is 8.78 Å². The first kappa shape index (κ1) is 9.34. The zero-order chi connectivity index (χ0) is 10.3. The minimum absolute atomic E-state index is 0.174. The molecule has 0 N–H and O–H groups in total. The van der Waals surface area contributed by atoms with Crippen molar-refractivity contribution < 1.29 is 8.78 Å². The van der Waals surface area contributed by atoms with E-state index in [2.05, 4.69) is 4.98 Å². The predicted molar refractivity (Wildman–Crippen MR) is 51.4 cm³/mol. The van der Waals surface area contributed by atoms with Crippen LogP contribution in [0, 0.1) is 18.6 Å². The first-order valence-corrected chi connectivity index (χ1v) is 4.37. The summed E-state index contributed by atoms with van der Waals surface area (Å²) >= 11 is 5.88. The van der Waals surface area contributed by atoms with Crippen molar-refractivity contribution >= 4 is 22.5 Å². The predicted octanol–water partition coefficient (Wildman–Crippen LogP) is 3.47. The third-order valence-electron chi connectivity index (χ3n) is 2.00. The number of nitrogens with zero attached hydrogens (tertiary/aromatic N) is 1. The summed E-state index contributed by atoms with van der Waals surface area (Å²) in [6.07, 6.45) is 1.49. The van der Waals surface area contributed by atoms with Crippen molar-refractivity contribution in [1.82, 2.24) is 4.98 Å². The van der Waals surface area contributed by atoms with E-state index in [1.807, 2.05) is 0 Å². The minimum Gasteiger partial charge on any atom is -0.256 e. The van der Waals surface area contributed by atoms with Crippen LogP contribution in [0.1, 0.15) is 5.56 Å². The molecule has 0 unspecified atom stereocenters. The van der Waals surface area contributed by atoms with Gasteiger partial charge < -0.3 is 0 Å². The summed E-state index contributed by atoms with van der Waals surface area (Å²) in [5.74, 6) is -1.33. The summed E-state index contributed by atoms with van der Waals surface area (Å²) in [6.45, 7) is 1.72. The number of aromatic nitrogens is 1. The molecule has 0 aliphatic carbocycles. The fourth-order valence-corrected chi connectivity index (χ4v) is 1.54. The monoisotopic (exact) mass is 213 g/mol. The Hall–Kier alpha value is -1.22. The number of aryl methyl sites for hydroxylation is 1. The summed E-state index contributed by atoms with van der Waals surface area (Å²) in [7, 11) is 0. The molecule has 1 heterocycles. The molecule has 0 radical (unpaired) electrons. The number of benzene rings is 1. The second kappa shape index (κ2) is 3.17. The fourth-order valence-electron chi connectivity index (χ4n) is 1.30. The highest BCUT2D eigenvalue weighted by atomic mass is 35.5. The van der Waals surface area contributed by atoms with Crippen molar-refractivity contribution in [3.8, 4) is 0 Å². The van der Waals surface area contributed by atoms with Crippen molar-refractivity contribution in [3.05, 3.63) is 40.6 Å². The van der Waals surface area contributed by atoms with E-state index in [1.165, 1.54) is 6.20 Å². The highest BCUT2D eigenvalue weighted by Gasteiger charge is 2.10. The third-order valence-corrected chi connectivity index (χ3v) is 2.48. The molecule has 0 bridgehead atoms. The maximum absolute atomic E-state index is 13.3. The molecule has 4 heteroatoms. The lowest BCUT2D eigenvalue weighted by Gasteiger charge is -2.04. The first-order valence-electron chi connectivity index (χ1n) is 3.99. The lowest BCUT2D eigenvalue weighted by atomic mass is 10.1. The number of halogens is 3. The maximum atomic E-state index is 13.3. The van der Waals surface area contributed by atoms with Crippen LogP contribution in [-0.4, -0.2) is 4.98 Å². The fraction of sp³-hybridized carbons (Fsp3) is 0.100. The Kier molecular flexibility index (Phi) is 2.11. The molecule has 2 rings (SSSR count). The first-order chi connectivity index (χ1) is 6.59. The van der Waals surface area contributed by atoms with E-state index in [-0.39, 0.29) is 15.9 Å². The van der Waals surface area contributed by atoms with E-state index in [0.717, 1.165) is 12.1 Å². The molecule has 0 atom stereocenters.